The summed E-state index contributed by atoms with van der Waals surface area (Å²) in [4.78, 5) is 25.1. The number of aromatic nitrogens is 4. The van der Waals surface area contributed by atoms with Gasteiger partial charge in [-0.05, 0) is 25.1 Å². The van der Waals surface area contributed by atoms with E-state index in [1.807, 2.05) is 42.1 Å². The van der Waals surface area contributed by atoms with E-state index in [1.165, 1.54) is 30.0 Å². The minimum Gasteiger partial charge on any atom is -0.351 e. The van der Waals surface area contributed by atoms with Crippen LogP contribution in [0.5, 0.6) is 0 Å². The molecule has 0 radical (unpaired) electrons. The third kappa shape index (κ3) is 4.83. The van der Waals surface area contributed by atoms with Gasteiger partial charge in [0.1, 0.15) is 11.6 Å². The molecule has 9 heteroatoms. The van der Waals surface area contributed by atoms with Crippen LogP contribution >= 0.6 is 11.8 Å². The highest BCUT2D eigenvalue weighted by atomic mass is 32.2. The Balaban J connectivity index is 1.35. The van der Waals surface area contributed by atoms with E-state index in [2.05, 4.69) is 27.0 Å². The largest absolute Gasteiger partial charge is 0.351 e. The quantitative estimate of drug-likeness (QED) is 0.300. The SMILES string of the molecule is CCn1cc(C(=O)CSc2nnc(CCNC(=O)c3ccccc3F)n2C)c2ccccc21. The van der Waals surface area contributed by atoms with Gasteiger partial charge in [-0.25, -0.2) is 4.39 Å². The molecule has 1 N–H and O–H groups in total. The predicted octanol–water partition coefficient (Wildman–Crippen LogP) is 3.88. The average Bonchev–Trinajstić information content (AvgIpc) is 3.38. The smallest absolute Gasteiger partial charge is 0.254 e. The zero-order valence-electron chi connectivity index (χ0n) is 18.4. The molecule has 33 heavy (non-hydrogen) atoms. The van der Waals surface area contributed by atoms with E-state index in [0.29, 0.717) is 29.5 Å². The second kappa shape index (κ2) is 9.99. The molecular formula is C24H24FN5O2S. The van der Waals surface area contributed by atoms with Gasteiger partial charge >= 0.3 is 0 Å². The topological polar surface area (TPSA) is 81.8 Å². The molecular weight excluding hydrogens is 441 g/mol. The molecule has 0 atom stereocenters. The Hall–Kier alpha value is -3.46. The summed E-state index contributed by atoms with van der Waals surface area (Å²) in [7, 11) is 1.82. The minimum atomic E-state index is -0.556. The third-order valence-corrected chi connectivity index (χ3v) is 6.46. The molecule has 0 fully saturated rings. The van der Waals surface area contributed by atoms with Crippen molar-refractivity contribution in [2.24, 2.45) is 7.05 Å². The standard InChI is InChI=1S/C24H24FN5O2S/c1-3-30-14-18(16-8-5-7-11-20(16)30)21(31)15-33-24-28-27-22(29(24)2)12-13-26-23(32)17-9-4-6-10-19(17)25/h4-11,14H,3,12-13,15H2,1-2H3,(H,26,32). The lowest BCUT2D eigenvalue weighted by molar-refractivity contribution is 0.0949. The van der Waals surface area contributed by atoms with Gasteiger partial charge in [0, 0.05) is 49.2 Å². The molecule has 0 aliphatic heterocycles. The lowest BCUT2D eigenvalue weighted by atomic mass is 10.1. The average molecular weight is 466 g/mol. The molecule has 2 aromatic carbocycles. The van der Waals surface area contributed by atoms with Crippen molar-refractivity contribution in [2.75, 3.05) is 12.3 Å². The summed E-state index contributed by atoms with van der Waals surface area (Å²) >= 11 is 1.33. The number of para-hydroxylation sites is 1. The Morgan fingerprint density at radius 3 is 2.61 bits per heavy atom. The summed E-state index contributed by atoms with van der Waals surface area (Å²) in [5.74, 6) is -0.0829. The van der Waals surface area contributed by atoms with E-state index < -0.39 is 11.7 Å². The Bertz CT molecular complexity index is 1310. The Morgan fingerprint density at radius 1 is 1.06 bits per heavy atom. The number of rotatable bonds is 9. The van der Waals surface area contributed by atoms with Crippen LogP contribution in [0.4, 0.5) is 4.39 Å². The Morgan fingerprint density at radius 2 is 1.82 bits per heavy atom. The Labute approximate surface area is 195 Å². The van der Waals surface area contributed by atoms with Gasteiger partial charge in [-0.1, -0.05) is 42.1 Å². The van der Waals surface area contributed by atoms with E-state index in [4.69, 9.17) is 0 Å². The molecule has 4 aromatic rings. The first-order valence-electron chi connectivity index (χ1n) is 10.6. The molecule has 0 aliphatic rings. The number of ketones is 1. The van der Waals surface area contributed by atoms with Gasteiger partial charge in [0.05, 0.1) is 11.3 Å². The number of carbonyl (C=O) groups excluding carboxylic acids is 2. The van der Waals surface area contributed by atoms with Crippen LogP contribution in [0, 0.1) is 5.82 Å². The number of hydrogen-bond acceptors (Lipinski definition) is 5. The van der Waals surface area contributed by atoms with Crippen LogP contribution < -0.4 is 5.32 Å². The van der Waals surface area contributed by atoms with E-state index in [1.54, 1.807) is 6.07 Å². The van der Waals surface area contributed by atoms with Gasteiger partial charge in [-0.3, -0.25) is 9.59 Å². The molecule has 0 unspecified atom stereocenters. The van der Waals surface area contributed by atoms with Crippen molar-refractivity contribution in [3.63, 3.8) is 0 Å². The minimum absolute atomic E-state index is 0.00894. The van der Waals surface area contributed by atoms with Crippen LogP contribution in [-0.2, 0) is 20.0 Å². The molecule has 0 bridgehead atoms. The van der Waals surface area contributed by atoms with Gasteiger partial charge in [-0.15, -0.1) is 10.2 Å². The summed E-state index contributed by atoms with van der Waals surface area (Å²) in [6.45, 7) is 3.13. The lowest BCUT2D eigenvalue weighted by Gasteiger charge is -2.06. The first-order chi connectivity index (χ1) is 16.0. The molecule has 4 rings (SSSR count). The summed E-state index contributed by atoms with van der Waals surface area (Å²) in [5, 5.41) is 12.6. The van der Waals surface area contributed by atoms with Crippen molar-refractivity contribution in [1.82, 2.24) is 24.6 Å². The van der Waals surface area contributed by atoms with E-state index >= 15 is 0 Å². The molecule has 170 valence electrons. The molecule has 7 nitrogen and oxygen atoms in total. The summed E-state index contributed by atoms with van der Waals surface area (Å²) in [6, 6.07) is 13.7. The molecule has 0 saturated carbocycles. The molecule has 2 aromatic heterocycles. The fourth-order valence-electron chi connectivity index (χ4n) is 3.66. The summed E-state index contributed by atoms with van der Waals surface area (Å²) < 4.78 is 17.6. The van der Waals surface area contributed by atoms with Gasteiger partial charge in [0.15, 0.2) is 10.9 Å². The van der Waals surface area contributed by atoms with E-state index in [0.717, 1.165) is 17.4 Å². The first-order valence-corrected chi connectivity index (χ1v) is 11.6. The van der Waals surface area contributed by atoms with Crippen molar-refractivity contribution >= 4 is 34.4 Å². The summed E-state index contributed by atoms with van der Waals surface area (Å²) in [6.07, 6.45) is 2.34. The lowest BCUT2D eigenvalue weighted by Crippen LogP contribution is -2.27. The van der Waals surface area contributed by atoms with Crippen molar-refractivity contribution in [2.45, 2.75) is 25.0 Å². The molecule has 0 spiro atoms. The molecule has 0 aliphatic carbocycles. The monoisotopic (exact) mass is 465 g/mol. The maximum absolute atomic E-state index is 13.7. The highest BCUT2D eigenvalue weighted by molar-refractivity contribution is 7.99. The van der Waals surface area contributed by atoms with Crippen LogP contribution in [0.1, 0.15) is 33.5 Å². The third-order valence-electron chi connectivity index (χ3n) is 5.44. The number of nitrogens with zero attached hydrogens (tertiary/aromatic N) is 4. The van der Waals surface area contributed by atoms with Gasteiger partial charge in [0.2, 0.25) is 0 Å². The highest BCUT2D eigenvalue weighted by Gasteiger charge is 2.17. The zero-order valence-corrected chi connectivity index (χ0v) is 19.2. The number of nitrogens with one attached hydrogen (secondary N) is 1. The van der Waals surface area contributed by atoms with Gasteiger partial charge in [0.25, 0.3) is 5.91 Å². The number of halogens is 1. The van der Waals surface area contributed by atoms with E-state index in [-0.39, 0.29) is 17.1 Å². The highest BCUT2D eigenvalue weighted by Crippen LogP contribution is 2.24. The maximum Gasteiger partial charge on any atom is 0.254 e. The summed E-state index contributed by atoms with van der Waals surface area (Å²) in [5.41, 5.74) is 1.76. The van der Waals surface area contributed by atoms with Crippen molar-refractivity contribution in [3.05, 3.63) is 77.5 Å². The predicted molar refractivity (Wildman–Crippen MR) is 126 cm³/mol. The van der Waals surface area contributed by atoms with Crippen LogP contribution in [0.3, 0.4) is 0 Å². The van der Waals surface area contributed by atoms with Crippen LogP contribution in [-0.4, -0.2) is 43.3 Å². The van der Waals surface area contributed by atoms with Crippen LogP contribution in [0.15, 0.2) is 59.9 Å². The zero-order chi connectivity index (χ0) is 23.4. The first kappa shape index (κ1) is 22.7. The van der Waals surface area contributed by atoms with Crippen molar-refractivity contribution < 1.29 is 14.0 Å². The van der Waals surface area contributed by atoms with Gasteiger partial charge in [-0.2, -0.15) is 0 Å². The van der Waals surface area contributed by atoms with Crippen LogP contribution in [0.25, 0.3) is 10.9 Å². The molecule has 0 saturated heterocycles. The number of hydrogen-bond donors (Lipinski definition) is 1. The number of amides is 1. The number of aryl methyl sites for hydroxylation is 1. The number of carbonyl (C=O) groups is 2. The number of benzene rings is 2. The number of fused-ring (bicyclic) bond motifs is 1. The van der Waals surface area contributed by atoms with Crippen molar-refractivity contribution in [1.29, 1.82) is 0 Å². The number of Topliss-reactive ketones (excluding diaryl/α,β-unsaturated/α-hetero) is 1. The maximum atomic E-state index is 13.7. The molecule has 2 heterocycles. The number of thioether (sulfide) groups is 1. The normalized spacial score (nSPS) is 11.1. The van der Waals surface area contributed by atoms with E-state index in [9.17, 15) is 14.0 Å². The van der Waals surface area contributed by atoms with Gasteiger partial charge < -0.3 is 14.5 Å². The second-order valence-electron chi connectivity index (χ2n) is 7.50. The fraction of sp³-hybridized carbons (Fsp3) is 0.250. The van der Waals surface area contributed by atoms with Crippen LogP contribution in [0.2, 0.25) is 0 Å². The molecule has 1 amide bonds. The second-order valence-corrected chi connectivity index (χ2v) is 8.44. The Kier molecular flexibility index (Phi) is 6.88. The van der Waals surface area contributed by atoms with Crippen molar-refractivity contribution in [3.8, 4) is 0 Å². The fourth-order valence-corrected chi connectivity index (χ4v) is 4.47.